The van der Waals surface area contributed by atoms with Crippen molar-refractivity contribution in [2.24, 2.45) is 0 Å². The van der Waals surface area contributed by atoms with Gasteiger partial charge in [-0.05, 0) is 160 Å². The molecule has 13 aromatic carbocycles. The Morgan fingerprint density at radius 3 is 1.36 bits per heavy atom. The van der Waals surface area contributed by atoms with E-state index in [1.165, 1.54) is 98.3 Å². The molecule has 0 aliphatic carbocycles. The third kappa shape index (κ3) is 6.36. The van der Waals surface area contributed by atoms with Crippen LogP contribution >= 0.6 is 0 Å². The van der Waals surface area contributed by atoms with Crippen molar-refractivity contribution in [2.45, 2.75) is 0 Å². The molecule has 0 amide bonds. The van der Waals surface area contributed by atoms with Gasteiger partial charge in [-0.25, -0.2) is 0 Å². The average Bonchev–Trinajstić information content (AvgIpc) is 3.99. The van der Waals surface area contributed by atoms with E-state index in [2.05, 4.69) is 265 Å². The second-order valence-corrected chi connectivity index (χ2v) is 19.2. The van der Waals surface area contributed by atoms with E-state index in [0.29, 0.717) is 0 Å². The maximum absolute atomic E-state index is 6.96. The molecule has 15 aromatic rings. The highest BCUT2D eigenvalue weighted by molar-refractivity contribution is 6.22. The first-order valence-corrected chi connectivity index (χ1v) is 24.8. The van der Waals surface area contributed by atoms with Gasteiger partial charge in [-0.2, -0.15) is 0 Å². The van der Waals surface area contributed by atoms with Gasteiger partial charge in [-0.15, -0.1) is 0 Å². The molecule has 0 saturated carbocycles. The van der Waals surface area contributed by atoms with Gasteiger partial charge in [-0.1, -0.05) is 194 Å². The number of benzene rings is 13. The van der Waals surface area contributed by atoms with E-state index in [1.54, 1.807) is 0 Å². The van der Waals surface area contributed by atoms with Crippen molar-refractivity contribution in [3.05, 3.63) is 261 Å². The molecule has 0 aliphatic rings. The molecule has 334 valence electrons. The second kappa shape index (κ2) is 16.0. The van der Waals surface area contributed by atoms with Crippen LogP contribution in [0.3, 0.4) is 0 Å². The lowest BCUT2D eigenvalue weighted by atomic mass is 9.86. The molecular formula is C70H43NO. The predicted molar refractivity (Wildman–Crippen MR) is 305 cm³/mol. The lowest BCUT2D eigenvalue weighted by molar-refractivity contribution is 0.670. The van der Waals surface area contributed by atoms with Crippen LogP contribution in [0.2, 0.25) is 0 Å². The average molecular weight is 914 g/mol. The summed E-state index contributed by atoms with van der Waals surface area (Å²) in [7, 11) is 0. The fourth-order valence-electron chi connectivity index (χ4n) is 11.7. The summed E-state index contributed by atoms with van der Waals surface area (Å²) in [6, 6.07) is 95.6. The van der Waals surface area contributed by atoms with Crippen LogP contribution in [0.5, 0.6) is 0 Å². The molecule has 0 N–H and O–H groups in total. The van der Waals surface area contributed by atoms with Gasteiger partial charge in [0, 0.05) is 32.8 Å². The van der Waals surface area contributed by atoms with Crippen LogP contribution < -0.4 is 0 Å². The molecule has 0 aliphatic heterocycles. The normalized spacial score (nSPS) is 11.9. The molecule has 2 heteroatoms. The maximum atomic E-state index is 6.96. The van der Waals surface area contributed by atoms with Crippen LogP contribution in [0.25, 0.3) is 148 Å². The Bertz CT molecular complexity index is 4610. The monoisotopic (exact) mass is 913 g/mol. The molecule has 0 atom stereocenters. The first kappa shape index (κ1) is 40.4. The van der Waals surface area contributed by atoms with E-state index in [4.69, 9.17) is 4.42 Å². The smallest absolute Gasteiger partial charge is 0.143 e. The summed E-state index contributed by atoms with van der Waals surface area (Å²) in [6.07, 6.45) is 0. The topological polar surface area (TPSA) is 18.1 Å². The molecule has 15 rings (SSSR count). The number of hydrogen-bond acceptors (Lipinski definition) is 1. The summed E-state index contributed by atoms with van der Waals surface area (Å²) in [5, 5.41) is 14.5. The van der Waals surface area contributed by atoms with Crippen molar-refractivity contribution in [1.82, 2.24) is 4.57 Å². The number of aromatic nitrogens is 1. The highest BCUT2D eigenvalue weighted by Gasteiger charge is 2.21. The van der Waals surface area contributed by atoms with Crippen LogP contribution in [0.1, 0.15) is 0 Å². The minimum atomic E-state index is 0.876. The lowest BCUT2D eigenvalue weighted by Gasteiger charge is -2.18. The highest BCUT2D eigenvalue weighted by atomic mass is 16.3. The number of rotatable bonds is 6. The van der Waals surface area contributed by atoms with Crippen molar-refractivity contribution in [2.75, 3.05) is 0 Å². The number of furan rings is 1. The first-order chi connectivity index (χ1) is 35.7. The number of fused-ring (bicyclic) bond motifs is 10. The summed E-state index contributed by atoms with van der Waals surface area (Å²) in [4.78, 5) is 0. The molecule has 0 fully saturated rings. The SMILES string of the molecule is c1ccc(-c2c3ccccc3c(-c3ccc(-n4c5ccccc5c5cc(-c6cc(-c7ccc8ccccc8c7)cc7c6oc6ccc(-c8ccc9ccccc9c8)cc67)ccc54)cc3)c3ccccc23)cc1. The number of para-hydroxylation sites is 1. The summed E-state index contributed by atoms with van der Waals surface area (Å²) < 4.78 is 9.38. The van der Waals surface area contributed by atoms with E-state index in [9.17, 15) is 0 Å². The van der Waals surface area contributed by atoms with Gasteiger partial charge in [-0.3, -0.25) is 0 Å². The minimum Gasteiger partial charge on any atom is -0.455 e. The van der Waals surface area contributed by atoms with Crippen molar-refractivity contribution in [3.63, 3.8) is 0 Å². The number of hydrogen-bond donors (Lipinski definition) is 0. The summed E-state index contributed by atoms with van der Waals surface area (Å²) in [5.74, 6) is 0. The first-order valence-electron chi connectivity index (χ1n) is 24.8. The Hall–Kier alpha value is -9.50. The zero-order valence-electron chi connectivity index (χ0n) is 39.2. The molecule has 0 radical (unpaired) electrons. The Balaban J connectivity index is 0.892. The van der Waals surface area contributed by atoms with E-state index < -0.39 is 0 Å². The van der Waals surface area contributed by atoms with E-state index in [1.807, 2.05) is 0 Å². The third-order valence-electron chi connectivity index (χ3n) is 15.1. The molecule has 72 heavy (non-hydrogen) atoms. The maximum Gasteiger partial charge on any atom is 0.143 e. The Kier molecular flexibility index (Phi) is 8.99. The van der Waals surface area contributed by atoms with Crippen LogP contribution in [0, 0.1) is 0 Å². The molecule has 0 bridgehead atoms. The fourth-order valence-corrected chi connectivity index (χ4v) is 11.7. The molecule has 2 nitrogen and oxygen atoms in total. The van der Waals surface area contributed by atoms with Crippen LogP contribution in [0.15, 0.2) is 265 Å². The quantitative estimate of drug-likeness (QED) is 0.152. The second-order valence-electron chi connectivity index (χ2n) is 19.2. The van der Waals surface area contributed by atoms with Crippen molar-refractivity contribution < 1.29 is 4.42 Å². The van der Waals surface area contributed by atoms with Gasteiger partial charge in [0.1, 0.15) is 11.2 Å². The van der Waals surface area contributed by atoms with Gasteiger partial charge in [0.25, 0.3) is 0 Å². The lowest BCUT2D eigenvalue weighted by Crippen LogP contribution is -1.94. The third-order valence-corrected chi connectivity index (χ3v) is 15.1. The molecule has 0 unspecified atom stereocenters. The van der Waals surface area contributed by atoms with Crippen LogP contribution in [-0.2, 0) is 0 Å². The highest BCUT2D eigenvalue weighted by Crippen LogP contribution is 2.46. The van der Waals surface area contributed by atoms with Gasteiger partial charge in [0.05, 0.1) is 11.0 Å². The molecule has 2 heterocycles. The van der Waals surface area contributed by atoms with E-state index in [0.717, 1.165) is 49.8 Å². The zero-order chi connectivity index (χ0) is 47.3. The Labute approximate surface area is 415 Å². The van der Waals surface area contributed by atoms with Gasteiger partial charge in [0.2, 0.25) is 0 Å². The largest absolute Gasteiger partial charge is 0.455 e. The van der Waals surface area contributed by atoms with E-state index in [-0.39, 0.29) is 0 Å². The predicted octanol–water partition coefficient (Wildman–Crippen LogP) is 19.6. The van der Waals surface area contributed by atoms with Crippen molar-refractivity contribution in [1.29, 1.82) is 0 Å². The standard InChI is InChI=1S/C70H43NO/c1-2-16-46(17-3-1)68-57-21-8-10-23-59(57)69(60-24-11-9-22-58(60)68)47-30-34-55(35-31-47)71-65-25-13-12-20-56(65)62-41-53(32-36-66(62)71)61-42-54(51-29-27-45-15-5-7-19-49(45)39-51)43-64-63-40-52(33-37-67(63)72-70(61)64)50-28-26-44-14-4-6-18-48(44)38-50/h1-43H. The van der Waals surface area contributed by atoms with E-state index >= 15 is 0 Å². The molecule has 2 aromatic heterocycles. The zero-order valence-corrected chi connectivity index (χ0v) is 39.2. The summed E-state index contributed by atoms with van der Waals surface area (Å²) in [6.45, 7) is 0. The van der Waals surface area contributed by atoms with Crippen LogP contribution in [-0.4, -0.2) is 4.57 Å². The van der Waals surface area contributed by atoms with Gasteiger partial charge < -0.3 is 8.98 Å². The minimum absolute atomic E-state index is 0.876. The summed E-state index contributed by atoms with van der Waals surface area (Å²) >= 11 is 0. The molecular weight excluding hydrogens is 871 g/mol. The number of nitrogens with zero attached hydrogens (tertiary/aromatic N) is 1. The molecule has 0 spiro atoms. The van der Waals surface area contributed by atoms with Crippen molar-refractivity contribution in [3.8, 4) is 61.3 Å². The Morgan fingerprint density at radius 1 is 0.250 bits per heavy atom. The Morgan fingerprint density at radius 2 is 0.708 bits per heavy atom. The van der Waals surface area contributed by atoms with Gasteiger partial charge >= 0.3 is 0 Å². The van der Waals surface area contributed by atoms with Crippen molar-refractivity contribution >= 4 is 86.8 Å². The van der Waals surface area contributed by atoms with Crippen LogP contribution in [0.4, 0.5) is 0 Å². The van der Waals surface area contributed by atoms with Gasteiger partial charge in [0.15, 0.2) is 0 Å². The molecule has 0 saturated heterocycles. The fraction of sp³-hybridized carbons (Fsp3) is 0. The summed E-state index contributed by atoms with van der Waals surface area (Å²) in [5.41, 5.74) is 17.0.